The quantitative estimate of drug-likeness (QED) is 0.888. The molecule has 1 atom stereocenters. The first-order chi connectivity index (χ1) is 8.78. The predicted molar refractivity (Wildman–Crippen MR) is 77.2 cm³/mol. The van der Waals surface area contributed by atoms with Crippen molar-refractivity contribution < 1.29 is 4.79 Å². The largest absolute Gasteiger partial charge is 0.347 e. The number of rotatable bonds is 4. The van der Waals surface area contributed by atoms with Crippen LogP contribution in [0.3, 0.4) is 0 Å². The molecule has 1 saturated carbocycles. The van der Waals surface area contributed by atoms with Gasteiger partial charge in [0.25, 0.3) is 5.91 Å². The second-order valence-electron chi connectivity index (χ2n) is 5.01. The normalized spacial score (nSPS) is 20.3. The third kappa shape index (κ3) is 2.58. The van der Waals surface area contributed by atoms with E-state index in [1.165, 1.54) is 29.0 Å². The molecule has 2 aliphatic rings. The van der Waals surface area contributed by atoms with Crippen molar-refractivity contribution >= 4 is 29.0 Å². The van der Waals surface area contributed by atoms with E-state index in [0.717, 1.165) is 17.1 Å². The number of thioether (sulfide) groups is 1. The van der Waals surface area contributed by atoms with Crippen molar-refractivity contribution in [1.29, 1.82) is 0 Å². The Morgan fingerprint density at radius 2 is 2.39 bits per heavy atom. The van der Waals surface area contributed by atoms with Crippen molar-refractivity contribution in [2.45, 2.75) is 31.1 Å². The zero-order valence-corrected chi connectivity index (χ0v) is 11.9. The minimum atomic E-state index is 0.0711. The molecule has 1 amide bonds. The minimum absolute atomic E-state index is 0.0711. The Balaban J connectivity index is 1.69. The molecule has 1 unspecified atom stereocenters. The van der Waals surface area contributed by atoms with Crippen molar-refractivity contribution in [2.24, 2.45) is 11.7 Å². The van der Waals surface area contributed by atoms with Gasteiger partial charge in [-0.05, 0) is 42.6 Å². The highest BCUT2D eigenvalue weighted by Gasteiger charge is 2.31. The monoisotopic (exact) mass is 282 g/mol. The Bertz CT molecular complexity index is 430. The molecule has 0 aromatic carbocycles. The molecule has 1 aromatic rings. The van der Waals surface area contributed by atoms with Gasteiger partial charge < -0.3 is 11.1 Å². The van der Waals surface area contributed by atoms with E-state index in [2.05, 4.69) is 11.4 Å². The average molecular weight is 282 g/mol. The van der Waals surface area contributed by atoms with Gasteiger partial charge in [0, 0.05) is 23.2 Å². The minimum Gasteiger partial charge on any atom is -0.347 e. The van der Waals surface area contributed by atoms with Crippen molar-refractivity contribution in [3.05, 3.63) is 21.4 Å². The first-order valence-corrected chi connectivity index (χ1v) is 8.45. The molecule has 0 saturated heterocycles. The van der Waals surface area contributed by atoms with Gasteiger partial charge in [-0.1, -0.05) is 0 Å². The molecule has 0 spiro atoms. The fourth-order valence-electron chi connectivity index (χ4n) is 2.37. The summed E-state index contributed by atoms with van der Waals surface area (Å²) in [7, 11) is 0. The number of nitrogens with one attached hydrogen (secondary N) is 1. The Labute approximate surface area is 116 Å². The number of amides is 1. The van der Waals surface area contributed by atoms with Gasteiger partial charge in [0.1, 0.15) is 0 Å². The zero-order valence-electron chi connectivity index (χ0n) is 10.3. The maximum Gasteiger partial charge on any atom is 0.261 e. The van der Waals surface area contributed by atoms with Crippen LogP contribution in [0, 0.1) is 5.92 Å². The summed E-state index contributed by atoms with van der Waals surface area (Å²) in [5.41, 5.74) is 7.08. The fourth-order valence-corrected chi connectivity index (χ4v) is 4.64. The molecule has 18 heavy (non-hydrogen) atoms. The van der Waals surface area contributed by atoms with Crippen LogP contribution in [0.2, 0.25) is 0 Å². The Kier molecular flexibility index (Phi) is 3.63. The van der Waals surface area contributed by atoms with Crippen LogP contribution in [0.25, 0.3) is 0 Å². The molecule has 1 aliphatic carbocycles. The summed E-state index contributed by atoms with van der Waals surface area (Å²) >= 11 is 3.61. The summed E-state index contributed by atoms with van der Waals surface area (Å²) in [5.74, 6) is 2.93. The highest BCUT2D eigenvalue weighted by Crippen LogP contribution is 2.34. The zero-order chi connectivity index (χ0) is 12.5. The van der Waals surface area contributed by atoms with Crippen molar-refractivity contribution in [1.82, 2.24) is 5.32 Å². The Hall–Kier alpha value is -0.520. The highest BCUT2D eigenvalue weighted by molar-refractivity contribution is 7.98. The van der Waals surface area contributed by atoms with Gasteiger partial charge in [-0.2, -0.15) is 11.8 Å². The van der Waals surface area contributed by atoms with Crippen molar-refractivity contribution in [2.75, 3.05) is 12.3 Å². The predicted octanol–water partition coefficient (Wildman–Crippen LogP) is 2.00. The molecule has 0 bridgehead atoms. The SMILES string of the molecule is NCC(NC(=O)c1cc2c(s1)CCSC2)C1CC1. The Morgan fingerprint density at radius 3 is 3.06 bits per heavy atom. The number of carbonyl (C=O) groups excluding carboxylic acids is 1. The molecular weight excluding hydrogens is 264 g/mol. The average Bonchev–Trinajstić information content (AvgIpc) is 3.13. The van der Waals surface area contributed by atoms with E-state index in [1.807, 2.05) is 11.8 Å². The van der Waals surface area contributed by atoms with Gasteiger partial charge in [0.05, 0.1) is 4.88 Å². The van der Waals surface area contributed by atoms with E-state index >= 15 is 0 Å². The maximum absolute atomic E-state index is 12.2. The second kappa shape index (κ2) is 5.23. The lowest BCUT2D eigenvalue weighted by Gasteiger charge is -2.15. The maximum atomic E-state index is 12.2. The summed E-state index contributed by atoms with van der Waals surface area (Å²) in [6.07, 6.45) is 3.53. The first-order valence-electron chi connectivity index (χ1n) is 6.48. The number of fused-ring (bicyclic) bond motifs is 1. The van der Waals surface area contributed by atoms with Crippen LogP contribution in [0.1, 0.15) is 33.0 Å². The Morgan fingerprint density at radius 1 is 1.56 bits per heavy atom. The smallest absolute Gasteiger partial charge is 0.261 e. The van der Waals surface area contributed by atoms with Gasteiger partial charge in [0.15, 0.2) is 0 Å². The highest BCUT2D eigenvalue weighted by atomic mass is 32.2. The van der Waals surface area contributed by atoms with Gasteiger partial charge in [-0.3, -0.25) is 4.79 Å². The number of thiophene rings is 1. The lowest BCUT2D eigenvalue weighted by Crippen LogP contribution is -2.41. The van der Waals surface area contributed by atoms with E-state index in [9.17, 15) is 4.79 Å². The fraction of sp³-hybridized carbons (Fsp3) is 0.615. The van der Waals surface area contributed by atoms with E-state index in [-0.39, 0.29) is 11.9 Å². The second-order valence-corrected chi connectivity index (χ2v) is 7.26. The van der Waals surface area contributed by atoms with Crippen LogP contribution < -0.4 is 11.1 Å². The molecule has 5 heteroatoms. The summed E-state index contributed by atoms with van der Waals surface area (Å²) in [4.78, 5) is 14.5. The van der Waals surface area contributed by atoms with Gasteiger partial charge >= 0.3 is 0 Å². The molecule has 98 valence electrons. The van der Waals surface area contributed by atoms with Crippen LogP contribution >= 0.6 is 23.1 Å². The summed E-state index contributed by atoms with van der Waals surface area (Å²) < 4.78 is 0. The molecule has 0 radical (unpaired) electrons. The van der Waals surface area contributed by atoms with Crippen LogP contribution in [-0.2, 0) is 12.2 Å². The number of aryl methyl sites for hydroxylation is 1. The standard InChI is InChI=1S/C13H18N2OS2/c14-6-10(8-1-2-8)15-13(16)12-5-9-7-17-4-3-11(9)18-12/h5,8,10H,1-4,6-7,14H2,(H,15,16). The van der Waals surface area contributed by atoms with Gasteiger partial charge in [-0.15, -0.1) is 11.3 Å². The third-order valence-corrected chi connectivity index (χ3v) is 5.86. The number of hydrogen-bond donors (Lipinski definition) is 2. The summed E-state index contributed by atoms with van der Waals surface area (Å²) in [6, 6.07) is 2.24. The molecule has 1 aromatic heterocycles. The van der Waals surface area contributed by atoms with Crippen molar-refractivity contribution in [3.63, 3.8) is 0 Å². The number of carbonyl (C=O) groups is 1. The van der Waals surface area contributed by atoms with Gasteiger partial charge in [-0.25, -0.2) is 0 Å². The number of nitrogens with two attached hydrogens (primary N) is 1. The first kappa shape index (κ1) is 12.5. The summed E-state index contributed by atoms with van der Waals surface area (Å²) in [5, 5.41) is 3.09. The van der Waals surface area contributed by atoms with Gasteiger partial charge in [0.2, 0.25) is 0 Å². The summed E-state index contributed by atoms with van der Waals surface area (Å²) in [6.45, 7) is 0.553. The van der Waals surface area contributed by atoms with Crippen molar-refractivity contribution in [3.8, 4) is 0 Å². The van der Waals surface area contributed by atoms with E-state index in [1.54, 1.807) is 11.3 Å². The molecular formula is C13H18N2OS2. The van der Waals surface area contributed by atoms with Crippen LogP contribution in [0.4, 0.5) is 0 Å². The van der Waals surface area contributed by atoms with E-state index in [0.29, 0.717) is 12.5 Å². The van der Waals surface area contributed by atoms with Crippen LogP contribution in [-0.4, -0.2) is 24.2 Å². The lowest BCUT2D eigenvalue weighted by molar-refractivity contribution is 0.0937. The molecule has 1 aliphatic heterocycles. The topological polar surface area (TPSA) is 55.1 Å². The lowest BCUT2D eigenvalue weighted by atomic mass is 10.2. The molecule has 1 fully saturated rings. The van der Waals surface area contributed by atoms with Crippen LogP contribution in [0.5, 0.6) is 0 Å². The number of hydrogen-bond acceptors (Lipinski definition) is 4. The third-order valence-electron chi connectivity index (χ3n) is 3.61. The molecule has 2 heterocycles. The van der Waals surface area contributed by atoms with E-state index in [4.69, 9.17) is 5.73 Å². The van der Waals surface area contributed by atoms with E-state index < -0.39 is 0 Å². The molecule has 3 N–H and O–H groups in total. The molecule has 3 rings (SSSR count). The molecule has 3 nitrogen and oxygen atoms in total. The van der Waals surface area contributed by atoms with Crippen LogP contribution in [0.15, 0.2) is 6.07 Å².